The highest BCUT2D eigenvalue weighted by Gasteiger charge is 2.18. The number of benzene rings is 1. The van der Waals surface area contributed by atoms with E-state index in [9.17, 15) is 4.79 Å². The third kappa shape index (κ3) is 4.74. The van der Waals surface area contributed by atoms with Gasteiger partial charge >= 0.3 is 0 Å². The summed E-state index contributed by atoms with van der Waals surface area (Å²) in [5, 5.41) is 6.27. The van der Waals surface area contributed by atoms with Gasteiger partial charge in [0, 0.05) is 23.9 Å². The largest absolute Gasteiger partial charge is 0.326 e. The van der Waals surface area contributed by atoms with Crippen molar-refractivity contribution in [1.82, 2.24) is 15.3 Å². The molecule has 1 atom stereocenters. The molecule has 0 saturated carbocycles. The summed E-state index contributed by atoms with van der Waals surface area (Å²) in [7, 11) is 0. The topological polar surface area (TPSA) is 66.9 Å². The lowest BCUT2D eigenvalue weighted by molar-refractivity contribution is -0.116. The Balaban J connectivity index is 0.00000192. The number of carbonyl (C=O) groups is 1. The van der Waals surface area contributed by atoms with Crippen molar-refractivity contribution in [3.05, 3.63) is 42.4 Å². The van der Waals surface area contributed by atoms with Gasteiger partial charge in [0.05, 0.1) is 5.69 Å². The molecule has 1 fully saturated rings. The molecule has 122 valence electrons. The van der Waals surface area contributed by atoms with Crippen molar-refractivity contribution in [2.24, 2.45) is 5.92 Å². The first-order valence-electron chi connectivity index (χ1n) is 7.61. The summed E-state index contributed by atoms with van der Waals surface area (Å²) in [6.45, 7) is 3.82. The van der Waals surface area contributed by atoms with Crippen LogP contribution in [0.2, 0.25) is 0 Å². The monoisotopic (exact) mass is 332 g/mol. The van der Waals surface area contributed by atoms with Crippen LogP contribution in [0.25, 0.3) is 11.3 Å². The molecule has 6 heteroatoms. The molecule has 1 unspecified atom stereocenters. The van der Waals surface area contributed by atoms with Crippen molar-refractivity contribution < 1.29 is 4.79 Å². The maximum absolute atomic E-state index is 12.1. The van der Waals surface area contributed by atoms with Gasteiger partial charge in [-0.3, -0.25) is 4.79 Å². The predicted molar refractivity (Wildman–Crippen MR) is 93.7 cm³/mol. The van der Waals surface area contributed by atoms with Gasteiger partial charge in [-0.25, -0.2) is 9.97 Å². The second kappa shape index (κ2) is 8.04. The maximum atomic E-state index is 12.1. The summed E-state index contributed by atoms with van der Waals surface area (Å²) in [6.07, 6.45) is 3.40. The predicted octanol–water partition coefficient (Wildman–Crippen LogP) is 2.81. The minimum atomic E-state index is 0. The van der Waals surface area contributed by atoms with Gasteiger partial charge in [0.15, 0.2) is 0 Å². The Morgan fingerprint density at radius 3 is 3.00 bits per heavy atom. The first-order chi connectivity index (χ1) is 10.7. The quantitative estimate of drug-likeness (QED) is 0.903. The normalized spacial score (nSPS) is 16.7. The minimum Gasteiger partial charge on any atom is -0.326 e. The second-order valence-corrected chi connectivity index (χ2v) is 5.68. The molecule has 0 radical (unpaired) electrons. The van der Waals surface area contributed by atoms with Crippen molar-refractivity contribution in [3.63, 3.8) is 0 Å². The lowest BCUT2D eigenvalue weighted by Gasteiger charge is -2.10. The zero-order chi connectivity index (χ0) is 15.4. The van der Waals surface area contributed by atoms with E-state index in [1.807, 2.05) is 37.3 Å². The van der Waals surface area contributed by atoms with E-state index in [1.54, 1.807) is 6.20 Å². The summed E-state index contributed by atoms with van der Waals surface area (Å²) in [4.78, 5) is 20.6. The summed E-state index contributed by atoms with van der Waals surface area (Å²) in [5.41, 5.74) is 2.65. The first kappa shape index (κ1) is 17.4. The minimum absolute atomic E-state index is 0. The molecule has 1 saturated heterocycles. The van der Waals surface area contributed by atoms with Gasteiger partial charge in [0.2, 0.25) is 5.91 Å². The molecule has 2 heterocycles. The summed E-state index contributed by atoms with van der Waals surface area (Å²) in [5.74, 6) is 1.26. The zero-order valence-corrected chi connectivity index (χ0v) is 13.9. The number of aromatic nitrogens is 2. The fourth-order valence-electron chi connectivity index (χ4n) is 2.74. The van der Waals surface area contributed by atoms with Crippen LogP contribution < -0.4 is 10.6 Å². The van der Waals surface area contributed by atoms with Crippen molar-refractivity contribution in [2.45, 2.75) is 19.8 Å². The third-order valence-corrected chi connectivity index (χ3v) is 3.85. The number of carbonyl (C=O) groups excluding carboxylic acids is 1. The lowest BCUT2D eigenvalue weighted by Crippen LogP contribution is -2.18. The number of anilines is 1. The van der Waals surface area contributed by atoms with Crippen LogP contribution in [0.4, 0.5) is 5.69 Å². The van der Waals surface area contributed by atoms with E-state index >= 15 is 0 Å². The van der Waals surface area contributed by atoms with E-state index in [4.69, 9.17) is 0 Å². The summed E-state index contributed by atoms with van der Waals surface area (Å²) < 4.78 is 0. The highest BCUT2D eigenvalue weighted by molar-refractivity contribution is 5.91. The van der Waals surface area contributed by atoms with Crippen molar-refractivity contribution in [1.29, 1.82) is 0 Å². The van der Waals surface area contributed by atoms with Gasteiger partial charge in [-0.2, -0.15) is 0 Å². The molecule has 2 N–H and O–H groups in total. The molecule has 0 spiro atoms. The van der Waals surface area contributed by atoms with Crippen LogP contribution >= 0.6 is 12.4 Å². The second-order valence-electron chi connectivity index (χ2n) is 5.68. The maximum Gasteiger partial charge on any atom is 0.224 e. The number of amides is 1. The number of hydrogen-bond acceptors (Lipinski definition) is 4. The lowest BCUT2D eigenvalue weighted by atomic mass is 10.0. The molecular formula is C17H21ClN4O. The molecule has 1 aliphatic rings. The molecular weight excluding hydrogens is 312 g/mol. The number of nitrogens with one attached hydrogen (secondary N) is 2. The highest BCUT2D eigenvalue weighted by Crippen LogP contribution is 2.21. The number of halogens is 1. The Morgan fingerprint density at radius 1 is 1.39 bits per heavy atom. The number of aryl methyl sites for hydroxylation is 1. The van der Waals surface area contributed by atoms with Gasteiger partial charge in [-0.15, -0.1) is 12.4 Å². The molecule has 2 aromatic rings. The van der Waals surface area contributed by atoms with Gasteiger partial charge in [0.25, 0.3) is 0 Å². The average Bonchev–Trinajstić information content (AvgIpc) is 3.00. The van der Waals surface area contributed by atoms with E-state index < -0.39 is 0 Å². The van der Waals surface area contributed by atoms with Crippen LogP contribution in [0.3, 0.4) is 0 Å². The van der Waals surface area contributed by atoms with Gasteiger partial charge in [-0.05, 0) is 50.6 Å². The van der Waals surface area contributed by atoms with E-state index in [2.05, 4.69) is 20.6 Å². The highest BCUT2D eigenvalue weighted by atomic mass is 35.5. The Labute approximate surface area is 142 Å². The standard InChI is InChI=1S/C17H20N4O.ClH/c1-12-19-8-6-16(20-12)14-3-2-4-15(10-14)21-17(22)9-13-5-7-18-11-13;/h2-4,6,8,10,13,18H,5,7,9,11H2,1H3,(H,21,22);1H. The summed E-state index contributed by atoms with van der Waals surface area (Å²) >= 11 is 0. The molecule has 1 amide bonds. The smallest absolute Gasteiger partial charge is 0.224 e. The zero-order valence-electron chi connectivity index (χ0n) is 13.1. The van der Waals surface area contributed by atoms with Crippen LogP contribution in [0, 0.1) is 12.8 Å². The van der Waals surface area contributed by atoms with E-state index in [0.29, 0.717) is 12.3 Å². The van der Waals surface area contributed by atoms with Gasteiger partial charge in [-0.1, -0.05) is 12.1 Å². The Bertz CT molecular complexity index is 671. The molecule has 1 aromatic carbocycles. The SMILES string of the molecule is Cc1nccc(-c2cccc(NC(=O)CC3CCNC3)c2)n1.Cl. The number of hydrogen-bond donors (Lipinski definition) is 2. The Hall–Kier alpha value is -1.98. The fraction of sp³-hybridized carbons (Fsp3) is 0.353. The molecule has 1 aliphatic heterocycles. The first-order valence-corrected chi connectivity index (χ1v) is 7.61. The van der Waals surface area contributed by atoms with Crippen LogP contribution in [0.5, 0.6) is 0 Å². The molecule has 23 heavy (non-hydrogen) atoms. The van der Waals surface area contributed by atoms with Gasteiger partial charge in [0.1, 0.15) is 5.82 Å². The third-order valence-electron chi connectivity index (χ3n) is 3.85. The van der Waals surface area contributed by atoms with Gasteiger partial charge < -0.3 is 10.6 Å². The molecule has 0 bridgehead atoms. The van der Waals surface area contributed by atoms with Crippen LogP contribution in [0.1, 0.15) is 18.7 Å². The van der Waals surface area contributed by atoms with Crippen molar-refractivity contribution in [2.75, 3.05) is 18.4 Å². The Morgan fingerprint density at radius 2 is 2.26 bits per heavy atom. The Kier molecular flexibility index (Phi) is 6.07. The fourth-order valence-corrected chi connectivity index (χ4v) is 2.74. The van der Waals surface area contributed by atoms with E-state index in [-0.39, 0.29) is 18.3 Å². The van der Waals surface area contributed by atoms with E-state index in [0.717, 1.165) is 42.3 Å². The van der Waals surface area contributed by atoms with Crippen molar-refractivity contribution >= 4 is 24.0 Å². The summed E-state index contributed by atoms with van der Waals surface area (Å²) in [6, 6.07) is 9.64. The van der Waals surface area contributed by atoms with Crippen molar-refractivity contribution in [3.8, 4) is 11.3 Å². The molecule has 5 nitrogen and oxygen atoms in total. The molecule has 1 aromatic heterocycles. The van der Waals surface area contributed by atoms with Crippen LogP contribution in [0.15, 0.2) is 36.5 Å². The number of rotatable bonds is 4. The average molecular weight is 333 g/mol. The van der Waals surface area contributed by atoms with E-state index in [1.165, 1.54) is 0 Å². The van der Waals surface area contributed by atoms with Crippen LogP contribution in [-0.2, 0) is 4.79 Å². The van der Waals surface area contributed by atoms with Crippen LogP contribution in [-0.4, -0.2) is 29.0 Å². The number of nitrogens with zero attached hydrogens (tertiary/aromatic N) is 2. The molecule has 0 aliphatic carbocycles. The molecule has 3 rings (SSSR count).